The van der Waals surface area contributed by atoms with Crippen molar-refractivity contribution in [1.29, 1.82) is 0 Å². The molecule has 0 bridgehead atoms. The summed E-state index contributed by atoms with van der Waals surface area (Å²) >= 11 is 0. The van der Waals surface area contributed by atoms with E-state index in [1.165, 1.54) is 12.8 Å². The van der Waals surface area contributed by atoms with Crippen LogP contribution in [0.2, 0.25) is 0 Å². The molecule has 1 atom stereocenters. The van der Waals surface area contributed by atoms with Gasteiger partial charge in [0, 0.05) is 45.7 Å². The maximum atomic E-state index is 12.1. The second-order valence-corrected chi connectivity index (χ2v) is 5.49. The average molecular weight is 252 g/mol. The molecule has 0 aromatic rings. The van der Waals surface area contributed by atoms with Crippen LogP contribution in [0.15, 0.2) is 0 Å². The van der Waals surface area contributed by atoms with Gasteiger partial charge in [-0.15, -0.1) is 0 Å². The number of carbonyl (C=O) groups excluding carboxylic acids is 1. The van der Waals surface area contributed by atoms with Gasteiger partial charge in [0.25, 0.3) is 0 Å². The molecule has 0 spiro atoms. The largest absolute Gasteiger partial charge is 0.340 e. The minimum Gasteiger partial charge on any atom is -0.340 e. The van der Waals surface area contributed by atoms with Gasteiger partial charge >= 0.3 is 0 Å². The first-order valence-corrected chi connectivity index (χ1v) is 7.43. The minimum absolute atomic E-state index is 0.358. The number of nitrogens with zero attached hydrogens (tertiary/aromatic N) is 3. The first-order chi connectivity index (χ1) is 8.79. The van der Waals surface area contributed by atoms with Gasteiger partial charge in [-0.2, -0.15) is 0 Å². The molecule has 4 nitrogen and oxygen atoms in total. The van der Waals surface area contributed by atoms with E-state index in [9.17, 15) is 4.79 Å². The second-order valence-electron chi connectivity index (χ2n) is 5.49. The summed E-state index contributed by atoms with van der Waals surface area (Å²) in [5, 5.41) is 4.44. The van der Waals surface area contributed by atoms with Crippen molar-refractivity contribution in [3.05, 3.63) is 0 Å². The summed E-state index contributed by atoms with van der Waals surface area (Å²) < 4.78 is 0. The van der Waals surface area contributed by atoms with Gasteiger partial charge in [0.2, 0.25) is 5.91 Å². The third kappa shape index (κ3) is 3.95. The standard InChI is InChI=1S/C14H26N3O/c1-2-16-8-10-17(11-9-16)14(18)6-5-13-4-3-7-15-12-13/h13H,2-12H2,1H3. The molecular formula is C14H26N3O. The van der Waals surface area contributed by atoms with E-state index in [0.717, 1.165) is 58.7 Å². The lowest BCUT2D eigenvalue weighted by molar-refractivity contribution is -0.133. The van der Waals surface area contributed by atoms with Crippen molar-refractivity contribution in [3.8, 4) is 0 Å². The Morgan fingerprint density at radius 3 is 2.67 bits per heavy atom. The van der Waals surface area contributed by atoms with Crippen molar-refractivity contribution in [2.45, 2.75) is 32.6 Å². The molecule has 2 fully saturated rings. The van der Waals surface area contributed by atoms with Gasteiger partial charge in [0.05, 0.1) is 0 Å². The molecule has 4 heteroatoms. The Kier molecular flexibility index (Phi) is 5.45. The van der Waals surface area contributed by atoms with Gasteiger partial charge in [-0.25, -0.2) is 5.32 Å². The Balaban J connectivity index is 1.65. The third-order valence-corrected chi connectivity index (χ3v) is 4.25. The predicted molar refractivity (Wildman–Crippen MR) is 72.5 cm³/mol. The van der Waals surface area contributed by atoms with Crippen LogP contribution in [0, 0.1) is 5.92 Å². The number of likely N-dealkylation sites (N-methyl/N-ethyl adjacent to an activating group) is 1. The first-order valence-electron chi connectivity index (χ1n) is 7.43. The molecular weight excluding hydrogens is 226 g/mol. The van der Waals surface area contributed by atoms with E-state index in [1.807, 2.05) is 4.90 Å². The second kappa shape index (κ2) is 7.10. The van der Waals surface area contributed by atoms with Gasteiger partial charge in [-0.05, 0) is 31.7 Å². The molecule has 1 amide bonds. The quantitative estimate of drug-likeness (QED) is 0.747. The highest BCUT2D eigenvalue weighted by atomic mass is 16.2. The monoisotopic (exact) mass is 252 g/mol. The van der Waals surface area contributed by atoms with E-state index in [4.69, 9.17) is 0 Å². The number of piperidine rings is 1. The van der Waals surface area contributed by atoms with Crippen molar-refractivity contribution in [2.24, 2.45) is 5.92 Å². The molecule has 1 radical (unpaired) electrons. The van der Waals surface area contributed by atoms with Crippen molar-refractivity contribution in [2.75, 3.05) is 45.8 Å². The molecule has 2 aliphatic heterocycles. The lowest BCUT2D eigenvalue weighted by Crippen LogP contribution is -2.48. The highest BCUT2D eigenvalue weighted by molar-refractivity contribution is 5.76. The molecule has 0 aliphatic carbocycles. The van der Waals surface area contributed by atoms with Crippen LogP contribution < -0.4 is 5.32 Å². The van der Waals surface area contributed by atoms with Crippen LogP contribution in [0.1, 0.15) is 32.6 Å². The number of hydrogen-bond donors (Lipinski definition) is 0. The molecule has 103 valence electrons. The topological polar surface area (TPSA) is 37.7 Å². The molecule has 2 rings (SSSR count). The van der Waals surface area contributed by atoms with Gasteiger partial charge in [0.15, 0.2) is 0 Å². The summed E-state index contributed by atoms with van der Waals surface area (Å²) in [7, 11) is 0. The van der Waals surface area contributed by atoms with Crippen LogP contribution in [0.4, 0.5) is 0 Å². The Bertz CT molecular complexity index is 256. The number of carbonyl (C=O) groups is 1. The highest BCUT2D eigenvalue weighted by Gasteiger charge is 2.21. The maximum absolute atomic E-state index is 12.1. The summed E-state index contributed by atoms with van der Waals surface area (Å²) in [6.45, 7) is 9.22. The van der Waals surface area contributed by atoms with Crippen molar-refractivity contribution in [1.82, 2.24) is 15.1 Å². The van der Waals surface area contributed by atoms with Crippen LogP contribution in [-0.2, 0) is 4.79 Å². The summed E-state index contributed by atoms with van der Waals surface area (Å²) in [6, 6.07) is 0. The van der Waals surface area contributed by atoms with E-state index >= 15 is 0 Å². The molecule has 1 unspecified atom stereocenters. The van der Waals surface area contributed by atoms with Crippen LogP contribution in [0.3, 0.4) is 0 Å². The summed E-state index contributed by atoms with van der Waals surface area (Å²) in [5.41, 5.74) is 0. The molecule has 18 heavy (non-hydrogen) atoms. The summed E-state index contributed by atoms with van der Waals surface area (Å²) in [6.07, 6.45) is 4.25. The average Bonchev–Trinajstić information content (AvgIpc) is 2.46. The molecule has 2 aliphatic rings. The zero-order valence-electron chi connectivity index (χ0n) is 11.6. The van der Waals surface area contributed by atoms with Crippen LogP contribution >= 0.6 is 0 Å². The molecule has 0 aromatic heterocycles. The Labute approximate surface area is 111 Å². The fourth-order valence-electron chi connectivity index (χ4n) is 2.89. The van der Waals surface area contributed by atoms with E-state index in [-0.39, 0.29) is 0 Å². The fourth-order valence-corrected chi connectivity index (χ4v) is 2.89. The Morgan fingerprint density at radius 1 is 1.28 bits per heavy atom. The SMILES string of the molecule is CCN1CCN(C(=O)CCC2CCC[N]C2)CC1. The number of amides is 1. The molecule has 2 saturated heterocycles. The first kappa shape index (κ1) is 13.8. The minimum atomic E-state index is 0.358. The van der Waals surface area contributed by atoms with Crippen LogP contribution in [-0.4, -0.2) is 61.5 Å². The highest BCUT2D eigenvalue weighted by Crippen LogP contribution is 2.17. The normalized spacial score (nSPS) is 26.3. The lowest BCUT2D eigenvalue weighted by atomic mass is 9.94. The number of rotatable bonds is 4. The van der Waals surface area contributed by atoms with Crippen molar-refractivity contribution >= 4 is 5.91 Å². The predicted octanol–water partition coefficient (Wildman–Crippen LogP) is 0.945. The Hall–Kier alpha value is -0.610. The maximum Gasteiger partial charge on any atom is 0.222 e. The van der Waals surface area contributed by atoms with E-state index in [1.54, 1.807) is 0 Å². The van der Waals surface area contributed by atoms with Crippen molar-refractivity contribution in [3.63, 3.8) is 0 Å². The van der Waals surface area contributed by atoms with E-state index in [2.05, 4.69) is 17.1 Å². The van der Waals surface area contributed by atoms with E-state index in [0.29, 0.717) is 11.8 Å². The third-order valence-electron chi connectivity index (χ3n) is 4.25. The van der Waals surface area contributed by atoms with Gasteiger partial charge in [-0.3, -0.25) is 4.79 Å². The summed E-state index contributed by atoms with van der Waals surface area (Å²) in [5.74, 6) is 1.02. The van der Waals surface area contributed by atoms with E-state index < -0.39 is 0 Å². The zero-order valence-corrected chi connectivity index (χ0v) is 11.6. The Morgan fingerprint density at radius 2 is 2.06 bits per heavy atom. The van der Waals surface area contributed by atoms with Crippen LogP contribution in [0.25, 0.3) is 0 Å². The smallest absolute Gasteiger partial charge is 0.222 e. The number of hydrogen-bond acceptors (Lipinski definition) is 2. The van der Waals surface area contributed by atoms with Gasteiger partial charge in [0.1, 0.15) is 0 Å². The van der Waals surface area contributed by atoms with Crippen molar-refractivity contribution < 1.29 is 4.79 Å². The molecule has 0 N–H and O–H groups in total. The number of piperazine rings is 1. The van der Waals surface area contributed by atoms with Crippen LogP contribution in [0.5, 0.6) is 0 Å². The zero-order chi connectivity index (χ0) is 12.8. The summed E-state index contributed by atoms with van der Waals surface area (Å²) in [4.78, 5) is 16.6. The van der Waals surface area contributed by atoms with Gasteiger partial charge in [-0.1, -0.05) is 6.92 Å². The molecule has 2 heterocycles. The van der Waals surface area contributed by atoms with Gasteiger partial charge < -0.3 is 9.80 Å². The molecule has 0 aromatic carbocycles. The molecule has 0 saturated carbocycles. The lowest BCUT2D eigenvalue weighted by Gasteiger charge is -2.34. The fraction of sp³-hybridized carbons (Fsp3) is 0.929.